The summed E-state index contributed by atoms with van der Waals surface area (Å²) in [6.45, 7) is 2.57. The topological polar surface area (TPSA) is 77.3 Å². The van der Waals surface area contributed by atoms with Crippen molar-refractivity contribution >= 4 is 5.91 Å². The smallest absolute Gasteiger partial charge is 0.251 e. The molecular weight excluding hydrogens is 378 g/mol. The van der Waals surface area contributed by atoms with E-state index >= 15 is 0 Å². The van der Waals surface area contributed by atoms with Gasteiger partial charge in [0.05, 0.1) is 12.2 Å². The standard InChI is InChI=1S/C24H21N3O3/c1-17-22(16-29-21-8-3-2-4-9-21)27-24(30-17)19-12-10-18(11-13-19)23(28)26-15-20-7-5-6-14-25-20/h2-14H,15-16H2,1H3,(H,26,28). The lowest BCUT2D eigenvalue weighted by molar-refractivity contribution is 0.0950. The van der Waals surface area contributed by atoms with Crippen molar-refractivity contribution in [3.05, 3.63) is 102 Å². The Labute approximate surface area is 174 Å². The number of carbonyl (C=O) groups excluding carboxylic acids is 1. The van der Waals surface area contributed by atoms with Gasteiger partial charge in [0.2, 0.25) is 5.89 Å². The quantitative estimate of drug-likeness (QED) is 0.493. The highest BCUT2D eigenvalue weighted by molar-refractivity contribution is 5.94. The van der Waals surface area contributed by atoms with Crippen LogP contribution in [0.25, 0.3) is 11.5 Å². The van der Waals surface area contributed by atoms with Crippen molar-refractivity contribution in [3.63, 3.8) is 0 Å². The van der Waals surface area contributed by atoms with E-state index in [2.05, 4.69) is 15.3 Å². The summed E-state index contributed by atoms with van der Waals surface area (Å²) >= 11 is 0. The molecule has 0 spiro atoms. The Balaban J connectivity index is 1.39. The maximum Gasteiger partial charge on any atom is 0.251 e. The predicted octanol–water partition coefficient (Wildman–Crippen LogP) is 4.55. The van der Waals surface area contributed by atoms with Crippen LogP contribution in [0.5, 0.6) is 5.75 Å². The third-order valence-electron chi connectivity index (χ3n) is 4.56. The first-order chi connectivity index (χ1) is 14.7. The predicted molar refractivity (Wildman–Crippen MR) is 113 cm³/mol. The van der Waals surface area contributed by atoms with Gasteiger partial charge >= 0.3 is 0 Å². The number of ether oxygens (including phenoxy) is 1. The van der Waals surface area contributed by atoms with Crippen molar-refractivity contribution in [3.8, 4) is 17.2 Å². The zero-order valence-corrected chi connectivity index (χ0v) is 16.5. The molecule has 1 N–H and O–H groups in total. The Morgan fingerprint density at radius 1 is 1.00 bits per heavy atom. The second kappa shape index (κ2) is 9.05. The molecule has 0 aliphatic heterocycles. The summed E-state index contributed by atoms with van der Waals surface area (Å²) in [7, 11) is 0. The number of amides is 1. The first kappa shape index (κ1) is 19.4. The summed E-state index contributed by atoms with van der Waals surface area (Å²) in [4.78, 5) is 21.1. The number of nitrogens with one attached hydrogen (secondary N) is 1. The monoisotopic (exact) mass is 399 g/mol. The van der Waals surface area contributed by atoms with Crippen LogP contribution < -0.4 is 10.1 Å². The molecule has 2 aromatic carbocycles. The molecule has 4 aromatic rings. The molecule has 0 saturated carbocycles. The summed E-state index contributed by atoms with van der Waals surface area (Å²) in [5.74, 6) is 1.83. The van der Waals surface area contributed by atoms with Crippen LogP contribution in [0, 0.1) is 6.92 Å². The second-order valence-corrected chi connectivity index (χ2v) is 6.70. The van der Waals surface area contributed by atoms with E-state index in [1.807, 2.05) is 67.6 Å². The highest BCUT2D eigenvalue weighted by atomic mass is 16.5. The summed E-state index contributed by atoms with van der Waals surface area (Å²) in [6.07, 6.45) is 1.70. The average Bonchev–Trinajstić information content (AvgIpc) is 3.18. The molecule has 150 valence electrons. The van der Waals surface area contributed by atoms with E-state index in [1.54, 1.807) is 18.3 Å². The molecule has 30 heavy (non-hydrogen) atoms. The van der Waals surface area contributed by atoms with Gasteiger partial charge < -0.3 is 14.5 Å². The van der Waals surface area contributed by atoms with Gasteiger partial charge in [-0.1, -0.05) is 24.3 Å². The number of nitrogens with zero attached hydrogens (tertiary/aromatic N) is 2. The molecular formula is C24H21N3O3. The number of rotatable bonds is 7. The Morgan fingerprint density at radius 2 is 1.77 bits per heavy atom. The molecule has 0 aliphatic rings. The van der Waals surface area contributed by atoms with E-state index in [0.29, 0.717) is 30.4 Å². The zero-order valence-electron chi connectivity index (χ0n) is 16.5. The fourth-order valence-corrected chi connectivity index (χ4v) is 2.89. The summed E-state index contributed by atoms with van der Waals surface area (Å²) in [5, 5.41) is 2.86. The van der Waals surface area contributed by atoms with E-state index in [9.17, 15) is 4.79 Å². The van der Waals surface area contributed by atoms with Crippen LogP contribution in [0.15, 0.2) is 83.4 Å². The molecule has 6 nitrogen and oxygen atoms in total. The van der Waals surface area contributed by atoms with Crippen molar-refractivity contribution in [1.29, 1.82) is 0 Å². The molecule has 1 amide bonds. The fraction of sp³-hybridized carbons (Fsp3) is 0.125. The molecule has 0 bridgehead atoms. The minimum absolute atomic E-state index is 0.160. The van der Waals surface area contributed by atoms with Crippen molar-refractivity contribution in [2.75, 3.05) is 0 Å². The highest BCUT2D eigenvalue weighted by Gasteiger charge is 2.13. The number of pyridine rings is 1. The maximum absolute atomic E-state index is 12.3. The number of hydrogen-bond donors (Lipinski definition) is 1. The number of aryl methyl sites for hydroxylation is 1. The van der Waals surface area contributed by atoms with E-state index in [-0.39, 0.29) is 5.91 Å². The van der Waals surface area contributed by atoms with Crippen LogP contribution >= 0.6 is 0 Å². The molecule has 0 aliphatic carbocycles. The number of carbonyl (C=O) groups is 1. The Kier molecular flexibility index (Phi) is 5.85. The SMILES string of the molecule is Cc1oc(-c2ccc(C(=O)NCc3ccccn3)cc2)nc1COc1ccccc1. The van der Waals surface area contributed by atoms with Gasteiger partial charge in [0.1, 0.15) is 23.8 Å². The first-order valence-electron chi connectivity index (χ1n) is 9.62. The van der Waals surface area contributed by atoms with Gasteiger partial charge in [-0.25, -0.2) is 4.98 Å². The van der Waals surface area contributed by atoms with Crippen LogP contribution in [0.4, 0.5) is 0 Å². The number of benzene rings is 2. The summed E-state index contributed by atoms with van der Waals surface area (Å²) in [6, 6.07) is 22.3. The van der Waals surface area contributed by atoms with Gasteiger partial charge in [0, 0.05) is 17.3 Å². The molecule has 2 heterocycles. The third kappa shape index (κ3) is 4.72. The van der Waals surface area contributed by atoms with Crippen LogP contribution in [-0.4, -0.2) is 15.9 Å². The number of aromatic nitrogens is 2. The second-order valence-electron chi connectivity index (χ2n) is 6.70. The van der Waals surface area contributed by atoms with E-state index in [1.165, 1.54) is 0 Å². The molecule has 0 atom stereocenters. The molecule has 4 rings (SSSR count). The van der Waals surface area contributed by atoms with Crippen LogP contribution in [-0.2, 0) is 13.2 Å². The van der Waals surface area contributed by atoms with Gasteiger partial charge in [0.15, 0.2) is 0 Å². The number of oxazole rings is 1. The van der Waals surface area contributed by atoms with Crippen LogP contribution in [0.1, 0.15) is 27.5 Å². The molecule has 0 saturated heterocycles. The van der Waals surface area contributed by atoms with E-state index < -0.39 is 0 Å². The Bertz CT molecular complexity index is 1110. The third-order valence-corrected chi connectivity index (χ3v) is 4.56. The number of para-hydroxylation sites is 1. The molecule has 0 radical (unpaired) electrons. The van der Waals surface area contributed by atoms with Gasteiger partial charge in [0.25, 0.3) is 5.91 Å². The molecule has 2 aromatic heterocycles. The molecule has 0 fully saturated rings. The van der Waals surface area contributed by atoms with Crippen molar-refractivity contribution in [1.82, 2.24) is 15.3 Å². The average molecular weight is 399 g/mol. The Morgan fingerprint density at radius 3 is 2.50 bits per heavy atom. The van der Waals surface area contributed by atoms with Gasteiger partial charge in [-0.15, -0.1) is 0 Å². The summed E-state index contributed by atoms with van der Waals surface area (Å²) < 4.78 is 11.6. The molecule has 0 unspecified atom stereocenters. The van der Waals surface area contributed by atoms with E-state index in [0.717, 1.165) is 22.7 Å². The lowest BCUT2D eigenvalue weighted by atomic mass is 10.1. The van der Waals surface area contributed by atoms with Crippen LogP contribution in [0.2, 0.25) is 0 Å². The fourth-order valence-electron chi connectivity index (χ4n) is 2.89. The summed E-state index contributed by atoms with van der Waals surface area (Å²) in [5.41, 5.74) is 2.91. The van der Waals surface area contributed by atoms with Gasteiger partial charge in [-0.2, -0.15) is 0 Å². The van der Waals surface area contributed by atoms with Gasteiger partial charge in [-0.3, -0.25) is 9.78 Å². The largest absolute Gasteiger partial charge is 0.487 e. The van der Waals surface area contributed by atoms with Gasteiger partial charge in [-0.05, 0) is 55.5 Å². The minimum atomic E-state index is -0.160. The minimum Gasteiger partial charge on any atom is -0.487 e. The maximum atomic E-state index is 12.3. The lowest BCUT2D eigenvalue weighted by Gasteiger charge is -2.05. The van der Waals surface area contributed by atoms with Crippen LogP contribution in [0.3, 0.4) is 0 Å². The number of hydrogen-bond acceptors (Lipinski definition) is 5. The molecule has 6 heteroatoms. The van der Waals surface area contributed by atoms with Crippen molar-refractivity contribution in [2.24, 2.45) is 0 Å². The van der Waals surface area contributed by atoms with Crippen molar-refractivity contribution in [2.45, 2.75) is 20.1 Å². The highest BCUT2D eigenvalue weighted by Crippen LogP contribution is 2.23. The lowest BCUT2D eigenvalue weighted by Crippen LogP contribution is -2.23. The Hall–Kier alpha value is -3.93. The normalized spacial score (nSPS) is 10.6. The van der Waals surface area contributed by atoms with Crippen molar-refractivity contribution < 1.29 is 13.9 Å². The van der Waals surface area contributed by atoms with E-state index in [4.69, 9.17) is 9.15 Å². The first-order valence-corrected chi connectivity index (χ1v) is 9.62. The zero-order chi connectivity index (χ0) is 20.8.